The molecule has 1 unspecified atom stereocenters. The lowest BCUT2D eigenvalue weighted by molar-refractivity contribution is 0.0835. The van der Waals surface area contributed by atoms with E-state index in [0.29, 0.717) is 53.8 Å². The molecule has 1 saturated heterocycles. The highest BCUT2D eigenvalue weighted by Gasteiger charge is 2.30. The molecule has 132 valence electrons. The van der Waals surface area contributed by atoms with Crippen LogP contribution in [0.15, 0.2) is 8.94 Å². The zero-order valence-corrected chi connectivity index (χ0v) is 14.0. The number of hydrogen-bond donors (Lipinski definition) is 1. The molecule has 1 atom stereocenters. The number of hydrogen-bond acceptors (Lipinski definition) is 7. The molecule has 1 N–H and O–H groups in total. The molecule has 3 heterocycles. The highest BCUT2D eigenvalue weighted by atomic mass is 16.5. The van der Waals surface area contributed by atoms with Gasteiger partial charge in [-0.1, -0.05) is 5.16 Å². The molecule has 2 aromatic rings. The van der Waals surface area contributed by atoms with E-state index >= 15 is 0 Å². The molecule has 2 aliphatic rings. The van der Waals surface area contributed by atoms with Gasteiger partial charge in [-0.2, -0.15) is 4.98 Å². The molecule has 1 fully saturated rings. The van der Waals surface area contributed by atoms with Crippen molar-refractivity contribution in [3.05, 3.63) is 34.4 Å². The van der Waals surface area contributed by atoms with Gasteiger partial charge in [0.25, 0.3) is 11.8 Å². The molecule has 2 aromatic heterocycles. The lowest BCUT2D eigenvalue weighted by Crippen LogP contribution is -2.26. The van der Waals surface area contributed by atoms with E-state index in [1.165, 1.54) is 0 Å². The Morgan fingerprint density at radius 3 is 3.00 bits per heavy atom. The summed E-state index contributed by atoms with van der Waals surface area (Å²) in [5.41, 5.74) is 0.747. The van der Waals surface area contributed by atoms with E-state index in [0.717, 1.165) is 19.3 Å². The average molecular weight is 345 g/mol. The van der Waals surface area contributed by atoms with E-state index < -0.39 is 0 Å². The summed E-state index contributed by atoms with van der Waals surface area (Å²) in [5, 5.41) is 6.61. The Morgan fingerprint density at radius 2 is 2.20 bits per heavy atom. The number of carbonyl (C=O) groups excluding carboxylic acids is 2. The van der Waals surface area contributed by atoms with Crippen LogP contribution in [0.2, 0.25) is 0 Å². The fourth-order valence-corrected chi connectivity index (χ4v) is 3.37. The van der Waals surface area contributed by atoms with Crippen LogP contribution in [0.25, 0.3) is 0 Å². The van der Waals surface area contributed by atoms with Gasteiger partial charge in [0.2, 0.25) is 0 Å². The number of ether oxygens (including phenoxy) is 1. The molecule has 1 aliphatic heterocycles. The SMILES string of the molecule is Cc1oc2c(c1C(=O)NCc1noc(C3CCCO3)n1)C(=O)CCC2. The van der Waals surface area contributed by atoms with Crippen LogP contribution in [0.5, 0.6) is 0 Å². The molecular formula is C17H19N3O5. The van der Waals surface area contributed by atoms with Crippen molar-refractivity contribution in [3.8, 4) is 0 Å². The topological polar surface area (TPSA) is 107 Å². The van der Waals surface area contributed by atoms with E-state index in [9.17, 15) is 9.59 Å². The van der Waals surface area contributed by atoms with Gasteiger partial charge in [-0.15, -0.1) is 0 Å². The van der Waals surface area contributed by atoms with Crippen LogP contribution < -0.4 is 5.32 Å². The van der Waals surface area contributed by atoms with Gasteiger partial charge in [-0.3, -0.25) is 9.59 Å². The lowest BCUT2D eigenvalue weighted by Gasteiger charge is -2.09. The van der Waals surface area contributed by atoms with Gasteiger partial charge in [-0.25, -0.2) is 0 Å². The van der Waals surface area contributed by atoms with Gasteiger partial charge in [0.1, 0.15) is 17.6 Å². The first-order valence-corrected chi connectivity index (χ1v) is 8.51. The summed E-state index contributed by atoms with van der Waals surface area (Å²) in [7, 11) is 0. The van der Waals surface area contributed by atoms with Crippen molar-refractivity contribution in [3.63, 3.8) is 0 Å². The molecule has 8 heteroatoms. The largest absolute Gasteiger partial charge is 0.465 e. The molecule has 0 bridgehead atoms. The van der Waals surface area contributed by atoms with Crippen LogP contribution in [-0.2, 0) is 17.7 Å². The zero-order chi connectivity index (χ0) is 17.4. The second kappa shape index (κ2) is 6.44. The van der Waals surface area contributed by atoms with Crippen molar-refractivity contribution in [1.29, 1.82) is 0 Å². The van der Waals surface area contributed by atoms with Crippen molar-refractivity contribution in [2.75, 3.05) is 6.61 Å². The van der Waals surface area contributed by atoms with E-state index in [4.69, 9.17) is 13.7 Å². The number of fused-ring (bicyclic) bond motifs is 1. The lowest BCUT2D eigenvalue weighted by atomic mass is 9.93. The number of aryl methyl sites for hydroxylation is 2. The predicted molar refractivity (Wildman–Crippen MR) is 84.1 cm³/mol. The Kier molecular flexibility index (Phi) is 4.12. The number of nitrogens with one attached hydrogen (secondary N) is 1. The van der Waals surface area contributed by atoms with Crippen LogP contribution in [0.1, 0.15) is 75.7 Å². The fraction of sp³-hybridized carbons (Fsp3) is 0.529. The molecule has 4 rings (SSSR count). The second-order valence-electron chi connectivity index (χ2n) is 6.34. The van der Waals surface area contributed by atoms with Crippen molar-refractivity contribution in [2.24, 2.45) is 0 Å². The Bertz CT molecular complexity index is 816. The summed E-state index contributed by atoms with van der Waals surface area (Å²) in [4.78, 5) is 29.0. The zero-order valence-electron chi connectivity index (χ0n) is 14.0. The summed E-state index contributed by atoms with van der Waals surface area (Å²) in [6, 6.07) is 0. The minimum Gasteiger partial charge on any atom is -0.465 e. The number of carbonyl (C=O) groups is 2. The van der Waals surface area contributed by atoms with Gasteiger partial charge in [0.05, 0.1) is 17.7 Å². The maximum absolute atomic E-state index is 12.5. The molecule has 0 radical (unpaired) electrons. The van der Waals surface area contributed by atoms with Crippen LogP contribution in [0.3, 0.4) is 0 Å². The van der Waals surface area contributed by atoms with Crippen LogP contribution >= 0.6 is 0 Å². The van der Waals surface area contributed by atoms with Gasteiger partial charge in [0.15, 0.2) is 11.6 Å². The standard InChI is InChI=1S/C17H19N3O5/c1-9-14(15-10(21)4-2-5-11(15)24-9)16(22)18-8-13-19-17(25-20-13)12-6-3-7-23-12/h12H,2-8H2,1H3,(H,18,22). The molecule has 8 nitrogen and oxygen atoms in total. The van der Waals surface area contributed by atoms with Gasteiger partial charge in [0, 0.05) is 19.4 Å². The quantitative estimate of drug-likeness (QED) is 0.905. The van der Waals surface area contributed by atoms with Crippen LogP contribution in [0.4, 0.5) is 0 Å². The van der Waals surface area contributed by atoms with E-state index in [-0.39, 0.29) is 24.3 Å². The number of ketones is 1. The third-order valence-electron chi connectivity index (χ3n) is 4.57. The molecule has 0 saturated carbocycles. The molecule has 1 amide bonds. The van der Waals surface area contributed by atoms with Crippen molar-refractivity contribution < 1.29 is 23.3 Å². The van der Waals surface area contributed by atoms with Crippen LogP contribution in [0, 0.1) is 6.92 Å². The Labute approximate surface area is 143 Å². The second-order valence-corrected chi connectivity index (χ2v) is 6.34. The summed E-state index contributed by atoms with van der Waals surface area (Å²) < 4.78 is 16.3. The Morgan fingerprint density at radius 1 is 1.32 bits per heavy atom. The minimum atomic E-state index is -0.360. The highest BCUT2D eigenvalue weighted by Crippen LogP contribution is 2.30. The summed E-state index contributed by atoms with van der Waals surface area (Å²) in [6.45, 7) is 2.51. The normalized spacial score (nSPS) is 19.9. The first-order valence-electron chi connectivity index (χ1n) is 8.51. The number of Topliss-reactive ketones (excluding diaryl/α,β-unsaturated/α-hetero) is 1. The van der Waals surface area contributed by atoms with Crippen molar-refractivity contribution >= 4 is 11.7 Å². The van der Waals surface area contributed by atoms with E-state index in [2.05, 4.69) is 15.5 Å². The first kappa shape index (κ1) is 16.0. The van der Waals surface area contributed by atoms with Gasteiger partial charge in [-0.05, 0) is 26.2 Å². The maximum atomic E-state index is 12.5. The molecule has 0 aromatic carbocycles. The Balaban J connectivity index is 1.46. The number of rotatable bonds is 4. The third-order valence-corrected chi connectivity index (χ3v) is 4.57. The van der Waals surface area contributed by atoms with Crippen LogP contribution in [-0.4, -0.2) is 28.4 Å². The monoisotopic (exact) mass is 345 g/mol. The van der Waals surface area contributed by atoms with E-state index in [1.807, 2.05) is 0 Å². The smallest absolute Gasteiger partial charge is 0.255 e. The summed E-state index contributed by atoms with van der Waals surface area (Å²) >= 11 is 0. The van der Waals surface area contributed by atoms with Gasteiger partial charge < -0.3 is 19.0 Å². The van der Waals surface area contributed by atoms with Crippen molar-refractivity contribution in [2.45, 2.75) is 51.7 Å². The maximum Gasteiger partial charge on any atom is 0.255 e. The Hall–Kier alpha value is -2.48. The minimum absolute atomic E-state index is 0.0384. The number of nitrogens with zero attached hydrogens (tertiary/aromatic N) is 2. The molecule has 0 spiro atoms. The fourth-order valence-electron chi connectivity index (χ4n) is 3.37. The summed E-state index contributed by atoms with van der Waals surface area (Å²) in [6.07, 6.45) is 3.56. The highest BCUT2D eigenvalue weighted by molar-refractivity contribution is 6.09. The van der Waals surface area contributed by atoms with Crippen molar-refractivity contribution in [1.82, 2.24) is 15.5 Å². The summed E-state index contributed by atoms with van der Waals surface area (Å²) in [5.74, 6) is 1.49. The molecule has 1 aliphatic carbocycles. The molecular weight excluding hydrogens is 326 g/mol. The van der Waals surface area contributed by atoms with E-state index in [1.54, 1.807) is 6.92 Å². The predicted octanol–water partition coefficient (Wildman–Crippen LogP) is 2.27. The number of aromatic nitrogens is 2. The first-order chi connectivity index (χ1) is 12.1. The third kappa shape index (κ3) is 2.97. The average Bonchev–Trinajstić information content (AvgIpc) is 3.31. The number of amides is 1. The van der Waals surface area contributed by atoms with Gasteiger partial charge >= 0.3 is 0 Å². The molecule has 25 heavy (non-hydrogen) atoms. The number of furan rings is 1.